The van der Waals surface area contributed by atoms with Gasteiger partial charge in [-0.25, -0.2) is 0 Å². The van der Waals surface area contributed by atoms with Crippen molar-refractivity contribution in [3.63, 3.8) is 0 Å². The second-order valence-electron chi connectivity index (χ2n) is 6.43. The molecule has 0 fully saturated rings. The van der Waals surface area contributed by atoms with Crippen LogP contribution in [0, 0.1) is 11.3 Å². The smallest absolute Gasteiger partial charge is 0.135 e. The van der Waals surface area contributed by atoms with E-state index in [1.807, 2.05) is 36.4 Å². The molecule has 2 aromatic heterocycles. The van der Waals surface area contributed by atoms with Gasteiger partial charge < -0.3 is 4.42 Å². The van der Waals surface area contributed by atoms with E-state index in [1.54, 1.807) is 18.3 Å². The zero-order valence-corrected chi connectivity index (χ0v) is 14.4. The summed E-state index contributed by atoms with van der Waals surface area (Å²) in [6, 6.07) is 28.3. The molecule has 0 amide bonds. The molecule has 0 unspecified atom stereocenters. The average Bonchev–Trinajstić information content (AvgIpc) is 3.11. The van der Waals surface area contributed by atoms with Crippen LogP contribution in [0.15, 0.2) is 89.5 Å². The van der Waals surface area contributed by atoms with Crippen molar-refractivity contribution in [2.75, 3.05) is 0 Å². The zero-order chi connectivity index (χ0) is 18.2. The monoisotopic (exact) mass is 346 g/mol. The first-order valence-electron chi connectivity index (χ1n) is 8.70. The van der Waals surface area contributed by atoms with E-state index in [2.05, 4.69) is 41.4 Å². The Labute approximate surface area is 156 Å². The summed E-state index contributed by atoms with van der Waals surface area (Å²) in [6.07, 6.45) is 1.67. The Morgan fingerprint density at radius 2 is 1.41 bits per heavy atom. The van der Waals surface area contributed by atoms with Crippen LogP contribution in [0.25, 0.3) is 44.3 Å². The highest BCUT2D eigenvalue weighted by Gasteiger charge is 2.11. The molecular formula is C24H14N2O. The first kappa shape index (κ1) is 15.4. The van der Waals surface area contributed by atoms with Crippen molar-refractivity contribution in [1.29, 1.82) is 5.26 Å². The van der Waals surface area contributed by atoms with Gasteiger partial charge in [0.1, 0.15) is 11.2 Å². The van der Waals surface area contributed by atoms with E-state index >= 15 is 0 Å². The van der Waals surface area contributed by atoms with Crippen LogP contribution < -0.4 is 0 Å². The van der Waals surface area contributed by atoms with Gasteiger partial charge in [0.15, 0.2) is 0 Å². The lowest BCUT2D eigenvalue weighted by atomic mass is 10.0. The van der Waals surface area contributed by atoms with Gasteiger partial charge in [0.05, 0.1) is 17.3 Å². The molecule has 2 heterocycles. The highest BCUT2D eigenvalue weighted by atomic mass is 16.3. The average molecular weight is 346 g/mol. The molecule has 0 radical (unpaired) electrons. The third-order valence-electron chi connectivity index (χ3n) is 4.76. The first-order valence-corrected chi connectivity index (χ1v) is 8.70. The van der Waals surface area contributed by atoms with Gasteiger partial charge in [-0.3, -0.25) is 4.98 Å². The number of fused-ring (bicyclic) bond motifs is 3. The Kier molecular flexibility index (Phi) is 3.48. The number of hydrogen-bond donors (Lipinski definition) is 0. The normalized spacial score (nSPS) is 10.9. The zero-order valence-electron chi connectivity index (χ0n) is 14.4. The minimum Gasteiger partial charge on any atom is -0.456 e. The molecule has 0 saturated carbocycles. The van der Waals surface area contributed by atoms with Crippen LogP contribution in [0.2, 0.25) is 0 Å². The van der Waals surface area contributed by atoms with Gasteiger partial charge in [-0.05, 0) is 53.6 Å². The predicted octanol–water partition coefficient (Wildman–Crippen LogP) is 6.19. The Balaban J connectivity index is 1.71. The van der Waals surface area contributed by atoms with E-state index in [-0.39, 0.29) is 0 Å². The van der Waals surface area contributed by atoms with Gasteiger partial charge in [0, 0.05) is 22.5 Å². The molecular weight excluding hydrogens is 332 g/mol. The minimum absolute atomic E-state index is 0.600. The lowest BCUT2D eigenvalue weighted by Gasteiger charge is -2.02. The van der Waals surface area contributed by atoms with Crippen LogP contribution in [0.5, 0.6) is 0 Å². The Morgan fingerprint density at radius 1 is 0.704 bits per heavy atom. The van der Waals surface area contributed by atoms with E-state index in [1.165, 1.54) is 5.56 Å². The molecule has 126 valence electrons. The summed E-state index contributed by atoms with van der Waals surface area (Å²) in [5.74, 6) is 0. The van der Waals surface area contributed by atoms with Crippen molar-refractivity contribution in [2.45, 2.75) is 0 Å². The van der Waals surface area contributed by atoms with Crippen LogP contribution in [0.4, 0.5) is 0 Å². The number of benzene rings is 3. The second-order valence-corrected chi connectivity index (χ2v) is 6.43. The summed E-state index contributed by atoms with van der Waals surface area (Å²) in [7, 11) is 0. The molecule has 0 aliphatic carbocycles. The quantitative estimate of drug-likeness (QED) is 0.383. The number of rotatable bonds is 2. The summed E-state index contributed by atoms with van der Waals surface area (Å²) in [6.45, 7) is 0. The minimum atomic E-state index is 0.600. The Bertz CT molecular complexity index is 1330. The fraction of sp³-hybridized carbons (Fsp3) is 0. The molecule has 3 heteroatoms. The van der Waals surface area contributed by atoms with Crippen molar-refractivity contribution in [2.24, 2.45) is 0 Å². The predicted molar refractivity (Wildman–Crippen MR) is 107 cm³/mol. The number of nitrogens with zero attached hydrogens (tertiary/aromatic N) is 2. The summed E-state index contributed by atoms with van der Waals surface area (Å²) in [5, 5.41) is 11.3. The molecule has 0 N–H and O–H groups in total. The molecule has 0 aliphatic rings. The summed E-state index contributed by atoms with van der Waals surface area (Å²) in [4.78, 5) is 4.41. The number of nitriles is 1. The standard InChI is InChI=1S/C24H14N2O/c25-15-16-10-11-26-22(12-16)19-7-9-24-21(14-19)20-13-18(6-8-23(20)27-24)17-4-2-1-3-5-17/h1-14H. The van der Waals surface area contributed by atoms with Crippen LogP contribution in [-0.2, 0) is 0 Å². The maximum absolute atomic E-state index is 9.13. The lowest BCUT2D eigenvalue weighted by Crippen LogP contribution is -1.84. The van der Waals surface area contributed by atoms with Gasteiger partial charge >= 0.3 is 0 Å². The molecule has 0 atom stereocenters. The van der Waals surface area contributed by atoms with Crippen molar-refractivity contribution in [1.82, 2.24) is 4.98 Å². The third kappa shape index (κ3) is 2.65. The number of furan rings is 1. The summed E-state index contributed by atoms with van der Waals surface area (Å²) < 4.78 is 6.01. The maximum atomic E-state index is 9.13. The molecule has 3 aromatic carbocycles. The largest absolute Gasteiger partial charge is 0.456 e. The van der Waals surface area contributed by atoms with Crippen LogP contribution in [-0.4, -0.2) is 4.98 Å². The van der Waals surface area contributed by atoms with Crippen molar-refractivity contribution in [3.8, 4) is 28.5 Å². The number of pyridine rings is 1. The molecule has 0 spiro atoms. The highest BCUT2D eigenvalue weighted by Crippen LogP contribution is 2.34. The van der Waals surface area contributed by atoms with Gasteiger partial charge in [-0.15, -0.1) is 0 Å². The summed E-state index contributed by atoms with van der Waals surface area (Å²) >= 11 is 0. The maximum Gasteiger partial charge on any atom is 0.135 e. The number of aromatic nitrogens is 1. The second kappa shape index (κ2) is 6.12. The molecule has 27 heavy (non-hydrogen) atoms. The Hall–Kier alpha value is -3.90. The lowest BCUT2D eigenvalue weighted by molar-refractivity contribution is 0.669. The summed E-state index contributed by atoms with van der Waals surface area (Å²) in [5.41, 5.74) is 6.38. The van der Waals surface area contributed by atoms with Gasteiger partial charge in [0.2, 0.25) is 0 Å². The fourth-order valence-corrected chi connectivity index (χ4v) is 3.40. The Morgan fingerprint density at radius 3 is 2.15 bits per heavy atom. The highest BCUT2D eigenvalue weighted by molar-refractivity contribution is 6.07. The fourth-order valence-electron chi connectivity index (χ4n) is 3.40. The van der Waals surface area contributed by atoms with Crippen molar-refractivity contribution in [3.05, 3.63) is 90.6 Å². The van der Waals surface area contributed by atoms with E-state index < -0.39 is 0 Å². The molecule has 3 nitrogen and oxygen atoms in total. The third-order valence-corrected chi connectivity index (χ3v) is 4.76. The van der Waals surface area contributed by atoms with E-state index in [9.17, 15) is 0 Å². The van der Waals surface area contributed by atoms with Crippen LogP contribution in [0.3, 0.4) is 0 Å². The molecule has 5 rings (SSSR count). The van der Waals surface area contributed by atoms with Gasteiger partial charge in [-0.2, -0.15) is 5.26 Å². The SMILES string of the molecule is N#Cc1ccnc(-c2ccc3oc4ccc(-c5ccccc5)cc4c3c2)c1. The number of hydrogen-bond acceptors (Lipinski definition) is 3. The van der Waals surface area contributed by atoms with Crippen molar-refractivity contribution >= 4 is 21.9 Å². The van der Waals surface area contributed by atoms with Crippen molar-refractivity contribution < 1.29 is 4.42 Å². The molecule has 0 saturated heterocycles. The van der Waals surface area contributed by atoms with Gasteiger partial charge in [0.25, 0.3) is 0 Å². The van der Waals surface area contributed by atoms with Crippen LogP contribution >= 0.6 is 0 Å². The molecule has 0 aliphatic heterocycles. The molecule has 0 bridgehead atoms. The molecule has 5 aromatic rings. The van der Waals surface area contributed by atoms with Crippen LogP contribution in [0.1, 0.15) is 5.56 Å². The van der Waals surface area contributed by atoms with E-state index in [4.69, 9.17) is 9.68 Å². The van der Waals surface area contributed by atoms with E-state index in [0.717, 1.165) is 38.8 Å². The first-order chi connectivity index (χ1) is 13.3. The van der Waals surface area contributed by atoms with E-state index in [0.29, 0.717) is 5.56 Å². The topological polar surface area (TPSA) is 49.8 Å². The van der Waals surface area contributed by atoms with Gasteiger partial charge in [-0.1, -0.05) is 36.4 Å².